The third kappa shape index (κ3) is 2.66. The van der Waals surface area contributed by atoms with Gasteiger partial charge in [-0.3, -0.25) is 19.8 Å². The molecule has 1 N–H and O–H groups in total. The van der Waals surface area contributed by atoms with Crippen LogP contribution in [-0.2, 0) is 16.1 Å². The molecule has 2 amide bonds. The van der Waals surface area contributed by atoms with Crippen molar-refractivity contribution in [3.8, 4) is 0 Å². The maximum Gasteiger partial charge on any atom is 0.265 e. The van der Waals surface area contributed by atoms with Gasteiger partial charge in [0.1, 0.15) is 5.57 Å². The molecule has 0 saturated carbocycles. The van der Waals surface area contributed by atoms with Crippen molar-refractivity contribution in [2.45, 2.75) is 19.9 Å². The van der Waals surface area contributed by atoms with Gasteiger partial charge < -0.3 is 4.57 Å². The van der Waals surface area contributed by atoms with Crippen LogP contribution < -0.4 is 5.32 Å². The number of amides is 2. The highest BCUT2D eigenvalue weighted by atomic mass is 32.1. The molecule has 3 rings (SSSR count). The minimum atomic E-state index is -0.453. The van der Waals surface area contributed by atoms with E-state index in [1.165, 1.54) is 4.90 Å². The highest BCUT2D eigenvalue weighted by Crippen LogP contribution is 2.25. The molecule has 1 fully saturated rings. The summed E-state index contributed by atoms with van der Waals surface area (Å²) in [5.74, 6) is -0.837. The zero-order valence-corrected chi connectivity index (χ0v) is 13.8. The lowest BCUT2D eigenvalue weighted by molar-refractivity contribution is -0.128. The first-order chi connectivity index (χ1) is 11.0. The molecule has 118 valence electrons. The van der Waals surface area contributed by atoms with Crippen LogP contribution in [0, 0.1) is 0 Å². The van der Waals surface area contributed by atoms with Crippen molar-refractivity contribution < 1.29 is 9.59 Å². The lowest BCUT2D eigenvalue weighted by Crippen LogP contribution is -2.52. The lowest BCUT2D eigenvalue weighted by Gasteiger charge is -2.24. The monoisotopic (exact) mass is 327 g/mol. The summed E-state index contributed by atoms with van der Waals surface area (Å²) in [6.45, 7) is 2.99. The fraction of sp³-hybridized carbons (Fsp3) is 0.235. The number of carbonyl (C=O) groups is 2. The zero-order valence-electron chi connectivity index (χ0n) is 13.0. The molecule has 1 aliphatic heterocycles. The summed E-state index contributed by atoms with van der Waals surface area (Å²) in [5.41, 5.74) is 2.04. The number of likely N-dealkylation sites (N-methyl/N-ethyl adjacent to an activating group) is 1. The quantitative estimate of drug-likeness (QED) is 0.535. The first kappa shape index (κ1) is 15.4. The molecule has 1 aliphatic rings. The number of para-hydroxylation sites is 1. The summed E-state index contributed by atoms with van der Waals surface area (Å²) in [5, 5.41) is 3.68. The van der Waals surface area contributed by atoms with Crippen LogP contribution >= 0.6 is 12.2 Å². The molecule has 5 nitrogen and oxygen atoms in total. The molecule has 6 heteroatoms. The number of hydrogen-bond acceptors (Lipinski definition) is 3. The van der Waals surface area contributed by atoms with E-state index in [9.17, 15) is 9.59 Å². The Morgan fingerprint density at radius 2 is 2.00 bits per heavy atom. The molecule has 2 aromatic rings. The summed E-state index contributed by atoms with van der Waals surface area (Å²) >= 11 is 4.96. The van der Waals surface area contributed by atoms with Gasteiger partial charge in [0.25, 0.3) is 11.8 Å². The van der Waals surface area contributed by atoms with Crippen molar-refractivity contribution in [2.24, 2.45) is 0 Å². The number of aryl methyl sites for hydroxylation is 1. The van der Waals surface area contributed by atoms with E-state index in [0.717, 1.165) is 29.4 Å². The number of hydrogen-bond donors (Lipinski definition) is 1. The van der Waals surface area contributed by atoms with Gasteiger partial charge in [0.05, 0.1) is 0 Å². The second-order valence-corrected chi connectivity index (χ2v) is 5.86. The van der Waals surface area contributed by atoms with Gasteiger partial charge in [-0.25, -0.2) is 0 Å². The van der Waals surface area contributed by atoms with Crippen LogP contribution in [0.3, 0.4) is 0 Å². The average Bonchev–Trinajstić information content (AvgIpc) is 2.88. The standard InChI is InChI=1S/C17H17N3O2S/c1-3-8-20-10-11(12-6-4-5-7-14(12)20)9-13-15(21)18-17(23)19(2)16(13)22/h4-7,9-10H,3,8H2,1-2H3,(H,18,21,23). The van der Waals surface area contributed by atoms with Crippen molar-refractivity contribution in [1.82, 2.24) is 14.8 Å². The van der Waals surface area contributed by atoms with Crippen molar-refractivity contribution in [3.63, 3.8) is 0 Å². The van der Waals surface area contributed by atoms with Crippen LogP contribution in [0.25, 0.3) is 17.0 Å². The van der Waals surface area contributed by atoms with Crippen LogP contribution in [0.1, 0.15) is 18.9 Å². The topological polar surface area (TPSA) is 54.3 Å². The molecule has 0 aliphatic carbocycles. The third-order valence-corrected chi connectivity index (χ3v) is 4.26. The van der Waals surface area contributed by atoms with Crippen molar-refractivity contribution >= 4 is 46.1 Å². The Kier molecular flexibility index (Phi) is 4.00. The first-order valence-electron chi connectivity index (χ1n) is 7.46. The van der Waals surface area contributed by atoms with E-state index >= 15 is 0 Å². The summed E-state index contributed by atoms with van der Waals surface area (Å²) in [4.78, 5) is 25.7. The highest BCUT2D eigenvalue weighted by Gasteiger charge is 2.31. The smallest absolute Gasteiger partial charge is 0.265 e. The number of nitrogens with zero attached hydrogens (tertiary/aromatic N) is 2. The summed E-state index contributed by atoms with van der Waals surface area (Å²) in [7, 11) is 1.55. The highest BCUT2D eigenvalue weighted by molar-refractivity contribution is 7.80. The van der Waals surface area contributed by atoms with Gasteiger partial charge in [0.15, 0.2) is 5.11 Å². The van der Waals surface area contributed by atoms with Crippen LogP contribution in [0.4, 0.5) is 0 Å². The minimum Gasteiger partial charge on any atom is -0.347 e. The van der Waals surface area contributed by atoms with Crippen LogP contribution in [0.2, 0.25) is 0 Å². The maximum atomic E-state index is 12.3. The maximum absolute atomic E-state index is 12.3. The van der Waals surface area contributed by atoms with Crippen molar-refractivity contribution in [2.75, 3.05) is 7.05 Å². The van der Waals surface area contributed by atoms with Crippen molar-refractivity contribution in [1.29, 1.82) is 0 Å². The van der Waals surface area contributed by atoms with Crippen molar-refractivity contribution in [3.05, 3.63) is 41.6 Å². The molecule has 0 unspecified atom stereocenters. The van der Waals surface area contributed by atoms with Gasteiger partial charge in [0, 0.05) is 36.3 Å². The molecule has 23 heavy (non-hydrogen) atoms. The van der Waals surface area contributed by atoms with Gasteiger partial charge in [-0.05, 0) is 30.8 Å². The fourth-order valence-corrected chi connectivity index (χ4v) is 2.89. The second-order valence-electron chi connectivity index (χ2n) is 5.48. The number of nitrogens with one attached hydrogen (secondary N) is 1. The summed E-state index contributed by atoms with van der Waals surface area (Å²) < 4.78 is 2.14. The number of thiocarbonyl (C=S) groups is 1. The number of rotatable bonds is 3. The largest absolute Gasteiger partial charge is 0.347 e. The zero-order chi connectivity index (χ0) is 16.6. The molecule has 1 saturated heterocycles. The van der Waals surface area contributed by atoms with Crippen LogP contribution in [-0.4, -0.2) is 33.4 Å². The predicted molar refractivity (Wildman–Crippen MR) is 93.7 cm³/mol. The molecule has 1 aromatic heterocycles. The minimum absolute atomic E-state index is 0.0977. The number of benzene rings is 1. The fourth-order valence-electron chi connectivity index (χ4n) is 2.72. The van der Waals surface area contributed by atoms with Crippen LogP contribution in [0.5, 0.6) is 0 Å². The van der Waals surface area contributed by atoms with E-state index in [2.05, 4.69) is 16.8 Å². The van der Waals surface area contributed by atoms with Gasteiger partial charge in [-0.2, -0.15) is 0 Å². The van der Waals surface area contributed by atoms with E-state index in [1.54, 1.807) is 13.1 Å². The first-order valence-corrected chi connectivity index (χ1v) is 7.86. The van der Waals surface area contributed by atoms with Gasteiger partial charge >= 0.3 is 0 Å². The average molecular weight is 327 g/mol. The second kappa shape index (κ2) is 5.96. The molecular formula is C17H17N3O2S. The van der Waals surface area contributed by atoms with E-state index in [1.807, 2.05) is 30.5 Å². The third-order valence-electron chi connectivity index (χ3n) is 3.89. The normalized spacial score (nSPS) is 17.2. The summed E-state index contributed by atoms with van der Waals surface area (Å²) in [6, 6.07) is 7.96. The molecule has 1 aromatic carbocycles. The van der Waals surface area contributed by atoms with E-state index in [4.69, 9.17) is 12.2 Å². The molecular weight excluding hydrogens is 310 g/mol. The molecule has 0 bridgehead atoms. The molecule has 2 heterocycles. The van der Waals surface area contributed by atoms with E-state index in [0.29, 0.717) is 0 Å². The Hall–Kier alpha value is -2.47. The Labute approximate surface area is 139 Å². The lowest BCUT2D eigenvalue weighted by atomic mass is 10.1. The molecule has 0 spiro atoms. The Morgan fingerprint density at radius 3 is 2.74 bits per heavy atom. The van der Waals surface area contributed by atoms with E-state index in [-0.39, 0.29) is 16.6 Å². The number of aromatic nitrogens is 1. The Balaban J connectivity index is 2.12. The molecule has 0 atom stereocenters. The number of carbonyl (C=O) groups excluding carboxylic acids is 2. The van der Waals surface area contributed by atoms with Gasteiger partial charge in [-0.15, -0.1) is 0 Å². The number of fused-ring (bicyclic) bond motifs is 1. The predicted octanol–water partition coefficient (Wildman–Crippen LogP) is 2.31. The van der Waals surface area contributed by atoms with Gasteiger partial charge in [0.2, 0.25) is 0 Å². The summed E-state index contributed by atoms with van der Waals surface area (Å²) in [6.07, 6.45) is 4.63. The Morgan fingerprint density at radius 1 is 1.26 bits per heavy atom. The SMILES string of the molecule is CCCn1cc(C=C2C(=O)NC(=S)N(C)C2=O)c2ccccc21. The van der Waals surface area contributed by atoms with E-state index < -0.39 is 5.91 Å². The van der Waals surface area contributed by atoms with Crippen LogP contribution in [0.15, 0.2) is 36.0 Å². The van der Waals surface area contributed by atoms with Gasteiger partial charge in [-0.1, -0.05) is 25.1 Å². The Bertz CT molecular complexity index is 851. The molecule has 0 radical (unpaired) electrons.